The van der Waals surface area contributed by atoms with Crippen LogP contribution in [-0.4, -0.2) is 45.3 Å². The van der Waals surface area contributed by atoms with Gasteiger partial charge in [0.1, 0.15) is 5.82 Å². The van der Waals surface area contributed by atoms with E-state index >= 15 is 0 Å². The summed E-state index contributed by atoms with van der Waals surface area (Å²) in [6.45, 7) is 6.84. The Hall–Kier alpha value is -2.44. The van der Waals surface area contributed by atoms with Crippen LogP contribution in [0.4, 0.5) is 11.5 Å². The van der Waals surface area contributed by atoms with Gasteiger partial charge in [0, 0.05) is 54.0 Å². The molecule has 1 fully saturated rings. The Balaban J connectivity index is 1.60. The lowest BCUT2D eigenvalue weighted by atomic mass is 10.1. The second-order valence-corrected chi connectivity index (χ2v) is 10.3. The van der Waals surface area contributed by atoms with Crippen LogP contribution >= 0.6 is 0 Å². The van der Waals surface area contributed by atoms with Crippen LogP contribution in [0, 0.1) is 6.92 Å². The third-order valence-corrected chi connectivity index (χ3v) is 7.61. The number of aliphatic hydroxyl groups is 1. The van der Waals surface area contributed by atoms with Gasteiger partial charge in [-0.15, -0.1) is 0 Å². The summed E-state index contributed by atoms with van der Waals surface area (Å²) in [5.74, 6) is 1.50. The van der Waals surface area contributed by atoms with Gasteiger partial charge in [-0.2, -0.15) is 0 Å². The largest absolute Gasteiger partial charge is 0.388 e. The second-order valence-electron chi connectivity index (χ2n) is 8.77. The van der Waals surface area contributed by atoms with Gasteiger partial charge in [-0.05, 0) is 44.0 Å². The molecule has 30 heavy (non-hydrogen) atoms. The van der Waals surface area contributed by atoms with Crippen LogP contribution in [0.2, 0.25) is 0 Å². The average molecular weight is 422 g/mol. The Bertz CT molecular complexity index is 1140. The van der Waals surface area contributed by atoms with E-state index in [4.69, 9.17) is 4.98 Å². The van der Waals surface area contributed by atoms with Crippen molar-refractivity contribution in [1.29, 1.82) is 0 Å². The zero-order valence-electron chi connectivity index (χ0n) is 17.5. The van der Waals surface area contributed by atoms with Crippen molar-refractivity contribution in [3.05, 3.63) is 59.7 Å². The molecule has 156 valence electrons. The molecular formula is C24H27N3O2S. The first kappa shape index (κ1) is 19.5. The molecule has 2 aliphatic heterocycles. The zero-order valence-corrected chi connectivity index (χ0v) is 18.3. The molecule has 0 spiro atoms. The van der Waals surface area contributed by atoms with Gasteiger partial charge < -0.3 is 14.9 Å². The van der Waals surface area contributed by atoms with Gasteiger partial charge in [0.05, 0.1) is 21.9 Å². The van der Waals surface area contributed by atoms with Crippen molar-refractivity contribution < 1.29 is 9.32 Å². The maximum absolute atomic E-state index is 12.7. The smallest absolute Gasteiger partial charge is 0.131 e. The lowest BCUT2D eigenvalue weighted by Crippen LogP contribution is -2.30. The van der Waals surface area contributed by atoms with Gasteiger partial charge in [0.15, 0.2) is 0 Å². The maximum atomic E-state index is 12.7. The number of hydrogen-bond donors (Lipinski definition) is 1. The van der Waals surface area contributed by atoms with Gasteiger partial charge in [0.2, 0.25) is 0 Å². The van der Waals surface area contributed by atoms with Crippen LogP contribution in [0.25, 0.3) is 10.9 Å². The fourth-order valence-electron chi connectivity index (χ4n) is 4.52. The zero-order chi connectivity index (χ0) is 20.9. The number of rotatable bonds is 2. The maximum Gasteiger partial charge on any atom is 0.131 e. The number of aromatic nitrogens is 1. The molecule has 1 aromatic heterocycles. The van der Waals surface area contributed by atoms with Crippen molar-refractivity contribution in [2.45, 2.75) is 37.3 Å². The summed E-state index contributed by atoms with van der Waals surface area (Å²) in [6.07, 6.45) is 0.758. The number of aryl methyl sites for hydroxylation is 1. The number of fused-ring (bicyclic) bond motifs is 2. The lowest BCUT2D eigenvalue weighted by Gasteiger charge is -2.27. The minimum atomic E-state index is -0.988. The van der Waals surface area contributed by atoms with Gasteiger partial charge in [-0.25, -0.2) is 4.98 Å². The van der Waals surface area contributed by atoms with Crippen LogP contribution < -0.4 is 9.80 Å². The second kappa shape index (κ2) is 7.36. The van der Waals surface area contributed by atoms with Gasteiger partial charge >= 0.3 is 0 Å². The van der Waals surface area contributed by atoms with Crippen LogP contribution in [0.5, 0.6) is 0 Å². The van der Waals surface area contributed by atoms with Crippen LogP contribution in [-0.2, 0) is 17.3 Å². The third-order valence-electron chi connectivity index (χ3n) is 6.17. The van der Waals surface area contributed by atoms with Crippen LogP contribution in [0.3, 0.4) is 0 Å². The van der Waals surface area contributed by atoms with E-state index in [1.807, 2.05) is 25.1 Å². The number of β-amino-alcohol motifs (C(OH)–C–C–N with tert-alkyl or cyclic N) is 1. The highest BCUT2D eigenvalue weighted by atomic mass is 32.2. The van der Waals surface area contributed by atoms with Crippen molar-refractivity contribution in [1.82, 2.24) is 4.98 Å². The molecule has 1 N–H and O–H groups in total. The molecule has 2 atom stereocenters. The third kappa shape index (κ3) is 3.59. The highest BCUT2D eigenvalue weighted by molar-refractivity contribution is 7.85. The number of anilines is 2. The minimum Gasteiger partial charge on any atom is -0.388 e. The number of pyridine rings is 1. The van der Waals surface area contributed by atoms with E-state index in [-0.39, 0.29) is 0 Å². The predicted molar refractivity (Wildman–Crippen MR) is 123 cm³/mol. The molecule has 5 rings (SSSR count). The summed E-state index contributed by atoms with van der Waals surface area (Å²) in [6, 6.07) is 16.5. The summed E-state index contributed by atoms with van der Waals surface area (Å²) in [5, 5.41) is 11.7. The highest BCUT2D eigenvalue weighted by Crippen LogP contribution is 2.36. The van der Waals surface area contributed by atoms with E-state index in [0.29, 0.717) is 25.4 Å². The Morgan fingerprint density at radius 3 is 2.73 bits per heavy atom. The van der Waals surface area contributed by atoms with Crippen molar-refractivity contribution in [3.63, 3.8) is 0 Å². The van der Waals surface area contributed by atoms with Crippen LogP contribution in [0.1, 0.15) is 24.5 Å². The van der Waals surface area contributed by atoms with Crippen LogP contribution in [0.15, 0.2) is 53.4 Å². The van der Waals surface area contributed by atoms with Crippen molar-refractivity contribution >= 4 is 33.2 Å². The summed E-state index contributed by atoms with van der Waals surface area (Å²) >= 11 is 0. The van der Waals surface area contributed by atoms with E-state index < -0.39 is 16.4 Å². The first-order chi connectivity index (χ1) is 14.4. The highest BCUT2D eigenvalue weighted by Gasteiger charge is 2.32. The van der Waals surface area contributed by atoms with Gasteiger partial charge in [-0.3, -0.25) is 4.21 Å². The molecule has 0 amide bonds. The first-order valence-electron chi connectivity index (χ1n) is 10.5. The molecule has 2 aliphatic rings. The Labute approximate surface area is 179 Å². The monoisotopic (exact) mass is 421 g/mol. The number of nitrogens with zero attached hydrogens (tertiary/aromatic N) is 3. The van der Waals surface area contributed by atoms with E-state index in [1.165, 1.54) is 5.56 Å². The quantitative estimate of drug-likeness (QED) is 0.685. The molecule has 2 unspecified atom stereocenters. The Morgan fingerprint density at radius 1 is 1.10 bits per heavy atom. The molecule has 5 nitrogen and oxygen atoms in total. The van der Waals surface area contributed by atoms with E-state index in [9.17, 15) is 9.32 Å². The average Bonchev–Trinajstić information content (AvgIpc) is 3.00. The Morgan fingerprint density at radius 2 is 1.93 bits per heavy atom. The topological polar surface area (TPSA) is 56.7 Å². The molecule has 0 saturated carbocycles. The molecule has 0 radical (unpaired) electrons. The van der Waals surface area contributed by atoms with Crippen molar-refractivity contribution in [2.75, 3.05) is 35.2 Å². The van der Waals surface area contributed by atoms with E-state index in [0.717, 1.165) is 45.8 Å². The number of hydrogen-bond acceptors (Lipinski definition) is 5. The van der Waals surface area contributed by atoms with E-state index in [1.54, 1.807) is 0 Å². The molecular weight excluding hydrogens is 394 g/mol. The molecule has 3 heterocycles. The summed E-state index contributed by atoms with van der Waals surface area (Å²) in [7, 11) is -0.988. The molecule has 0 aliphatic carbocycles. The normalized spacial score (nSPS) is 24.2. The fourth-order valence-corrected chi connectivity index (χ4v) is 5.78. The molecule has 6 heteroatoms. The minimum absolute atomic E-state index is 0.596. The standard InChI is InChI=1S/C24H27N3O2S/c1-17-7-8-20-19(13-17)21(27-10-9-24(2,28)16-27)14-23(25-20)26-11-12-30(29)22-6-4-3-5-18(22)15-26/h3-8,13-14,28H,9-12,15-16H2,1-2H3. The Kier molecular flexibility index (Phi) is 4.79. The SMILES string of the molecule is Cc1ccc2nc(N3CCS(=O)c4ccccc4C3)cc(N3CCC(C)(O)C3)c2c1. The summed E-state index contributed by atoms with van der Waals surface area (Å²) in [5.41, 5.74) is 3.71. The van der Waals surface area contributed by atoms with Gasteiger partial charge in [-0.1, -0.05) is 29.8 Å². The summed E-state index contributed by atoms with van der Waals surface area (Å²) < 4.78 is 12.7. The molecule has 3 aromatic rings. The molecule has 0 bridgehead atoms. The first-order valence-corrected chi connectivity index (χ1v) is 11.8. The van der Waals surface area contributed by atoms with Gasteiger partial charge in [0.25, 0.3) is 0 Å². The predicted octanol–water partition coefficient (Wildman–Crippen LogP) is 3.63. The number of benzene rings is 2. The summed E-state index contributed by atoms with van der Waals surface area (Å²) in [4.78, 5) is 10.4. The molecule has 2 aromatic carbocycles. The van der Waals surface area contributed by atoms with E-state index in [2.05, 4.69) is 47.1 Å². The van der Waals surface area contributed by atoms with Crippen molar-refractivity contribution in [2.24, 2.45) is 0 Å². The fraction of sp³-hybridized carbons (Fsp3) is 0.375. The lowest BCUT2D eigenvalue weighted by molar-refractivity contribution is 0.0839. The molecule has 1 saturated heterocycles. The van der Waals surface area contributed by atoms with Crippen molar-refractivity contribution in [3.8, 4) is 0 Å².